The van der Waals surface area contributed by atoms with Gasteiger partial charge in [0.15, 0.2) is 0 Å². The van der Waals surface area contributed by atoms with Crippen LogP contribution < -0.4 is 11.1 Å². The number of primary amides is 1. The molecule has 0 aromatic rings. The molecule has 0 unspecified atom stereocenters. The maximum Gasteiger partial charge on any atom is 0.312 e. The van der Waals surface area contributed by atoms with Crippen molar-refractivity contribution in [2.75, 3.05) is 13.1 Å². The Hall–Kier alpha value is -1.42. The molecule has 0 aliphatic carbocycles. The molecular weight excluding hydrogens is 122 g/mol. The topological polar surface area (TPSA) is 104 Å². The molecule has 0 spiro atoms. The Labute approximate surface area is 51.7 Å². The number of azide groups is 1. The van der Waals surface area contributed by atoms with Gasteiger partial charge in [0.1, 0.15) is 0 Å². The van der Waals surface area contributed by atoms with Crippen LogP contribution in [0.3, 0.4) is 0 Å². The Balaban J connectivity index is 3.10. The molecule has 0 aromatic carbocycles. The highest BCUT2D eigenvalue weighted by molar-refractivity contribution is 5.71. The fourth-order valence-corrected chi connectivity index (χ4v) is 0.274. The van der Waals surface area contributed by atoms with Crippen LogP contribution in [0.1, 0.15) is 0 Å². The zero-order valence-corrected chi connectivity index (χ0v) is 4.74. The number of amides is 2. The molecule has 0 aliphatic heterocycles. The van der Waals surface area contributed by atoms with E-state index in [4.69, 9.17) is 5.53 Å². The molecule has 0 rings (SSSR count). The molecule has 9 heavy (non-hydrogen) atoms. The molecule has 6 heteroatoms. The summed E-state index contributed by atoms with van der Waals surface area (Å²) in [5, 5.41) is 5.41. The van der Waals surface area contributed by atoms with Crippen LogP contribution in [0.15, 0.2) is 5.11 Å². The molecule has 50 valence electrons. The molecule has 0 atom stereocenters. The van der Waals surface area contributed by atoms with Gasteiger partial charge >= 0.3 is 6.03 Å². The van der Waals surface area contributed by atoms with Gasteiger partial charge in [0, 0.05) is 18.0 Å². The van der Waals surface area contributed by atoms with Gasteiger partial charge in [-0.3, -0.25) is 0 Å². The Morgan fingerprint density at radius 2 is 2.56 bits per heavy atom. The summed E-state index contributed by atoms with van der Waals surface area (Å²) in [6.07, 6.45) is 0. The summed E-state index contributed by atoms with van der Waals surface area (Å²) in [5.74, 6) is 0. The van der Waals surface area contributed by atoms with E-state index in [1.54, 1.807) is 0 Å². The Morgan fingerprint density at radius 1 is 1.89 bits per heavy atom. The number of nitrogens with two attached hydrogens (primary N) is 1. The predicted octanol–water partition coefficient (Wildman–Crippen LogP) is -0.0350. The number of hydrogen-bond acceptors (Lipinski definition) is 2. The van der Waals surface area contributed by atoms with Gasteiger partial charge in [0.25, 0.3) is 0 Å². The normalized spacial score (nSPS) is 7.56. The lowest BCUT2D eigenvalue weighted by molar-refractivity contribution is 0.249. The van der Waals surface area contributed by atoms with E-state index < -0.39 is 6.03 Å². The van der Waals surface area contributed by atoms with Gasteiger partial charge in [-0.15, -0.1) is 0 Å². The molecule has 2 amide bonds. The van der Waals surface area contributed by atoms with E-state index in [9.17, 15) is 4.79 Å². The number of nitrogens with one attached hydrogen (secondary N) is 1. The number of carbonyl (C=O) groups is 1. The van der Waals surface area contributed by atoms with Crippen molar-refractivity contribution in [2.24, 2.45) is 10.8 Å². The average molecular weight is 129 g/mol. The molecule has 0 bridgehead atoms. The summed E-state index contributed by atoms with van der Waals surface area (Å²) in [6.45, 7) is 0.527. The summed E-state index contributed by atoms with van der Waals surface area (Å²) in [6, 6.07) is -0.608. The fourth-order valence-electron chi connectivity index (χ4n) is 0.274. The third-order valence-electron chi connectivity index (χ3n) is 0.574. The number of rotatable bonds is 3. The second-order valence-corrected chi connectivity index (χ2v) is 1.25. The standard InChI is InChI=1S/C3H7N5O/c4-3(9)6-1-2-7-8-5/h1-2H2,(H3,4,6,9). The summed E-state index contributed by atoms with van der Waals surface area (Å²) in [5.41, 5.74) is 12.4. The first-order valence-electron chi connectivity index (χ1n) is 2.31. The van der Waals surface area contributed by atoms with Crippen molar-refractivity contribution in [3.63, 3.8) is 0 Å². The average Bonchev–Trinajstić information content (AvgIpc) is 1.80. The van der Waals surface area contributed by atoms with E-state index in [1.807, 2.05) is 0 Å². The number of carbonyl (C=O) groups excluding carboxylic acids is 1. The summed E-state index contributed by atoms with van der Waals surface area (Å²) < 4.78 is 0. The molecule has 0 aliphatic rings. The molecule has 3 N–H and O–H groups in total. The minimum absolute atomic E-state index is 0.236. The quantitative estimate of drug-likeness (QED) is 0.237. The van der Waals surface area contributed by atoms with E-state index >= 15 is 0 Å². The van der Waals surface area contributed by atoms with Gasteiger partial charge in [0.05, 0.1) is 0 Å². The van der Waals surface area contributed by atoms with Crippen molar-refractivity contribution in [2.45, 2.75) is 0 Å². The van der Waals surface area contributed by atoms with Gasteiger partial charge in [-0.05, 0) is 5.53 Å². The lowest BCUT2D eigenvalue weighted by Gasteiger charge is -1.93. The summed E-state index contributed by atoms with van der Waals surface area (Å²) >= 11 is 0. The third-order valence-corrected chi connectivity index (χ3v) is 0.574. The van der Waals surface area contributed by atoms with E-state index in [0.29, 0.717) is 6.54 Å². The minimum atomic E-state index is -0.608. The van der Waals surface area contributed by atoms with Crippen molar-refractivity contribution in [3.8, 4) is 0 Å². The van der Waals surface area contributed by atoms with Gasteiger partial charge in [-0.1, -0.05) is 5.11 Å². The van der Waals surface area contributed by atoms with Gasteiger partial charge in [0.2, 0.25) is 0 Å². The maximum atomic E-state index is 9.94. The Bertz CT molecular complexity index is 135. The van der Waals surface area contributed by atoms with E-state index in [1.165, 1.54) is 0 Å². The maximum absolute atomic E-state index is 9.94. The van der Waals surface area contributed by atoms with Crippen molar-refractivity contribution < 1.29 is 4.79 Å². The fraction of sp³-hybridized carbons (Fsp3) is 0.667. The lowest BCUT2D eigenvalue weighted by Crippen LogP contribution is -2.31. The van der Waals surface area contributed by atoms with Crippen molar-refractivity contribution in [1.82, 2.24) is 5.32 Å². The van der Waals surface area contributed by atoms with Crippen LogP contribution >= 0.6 is 0 Å². The van der Waals surface area contributed by atoms with Gasteiger partial charge in [-0.25, -0.2) is 4.79 Å². The predicted molar refractivity (Wildman–Crippen MR) is 31.6 cm³/mol. The molecule has 0 saturated carbocycles. The van der Waals surface area contributed by atoms with Crippen LogP contribution in [-0.4, -0.2) is 19.1 Å². The molecule has 0 heterocycles. The third kappa shape index (κ3) is 6.58. The second kappa shape index (κ2) is 4.73. The molecular formula is C3H7N5O. The second-order valence-electron chi connectivity index (χ2n) is 1.25. The van der Waals surface area contributed by atoms with Crippen molar-refractivity contribution >= 4 is 6.03 Å². The molecule has 0 fully saturated rings. The summed E-state index contributed by atoms with van der Waals surface area (Å²) in [7, 11) is 0. The lowest BCUT2D eigenvalue weighted by atomic mass is 10.6. The monoisotopic (exact) mass is 129 g/mol. The first-order valence-corrected chi connectivity index (χ1v) is 2.31. The SMILES string of the molecule is [N-]=[N+]=NCCNC(N)=O. The van der Waals surface area contributed by atoms with E-state index in [2.05, 4.69) is 21.1 Å². The number of nitrogens with zero attached hydrogens (tertiary/aromatic N) is 3. The highest BCUT2D eigenvalue weighted by Gasteiger charge is 1.86. The van der Waals surface area contributed by atoms with Crippen LogP contribution in [0.5, 0.6) is 0 Å². The van der Waals surface area contributed by atoms with Crippen LogP contribution in [-0.2, 0) is 0 Å². The summed E-state index contributed by atoms with van der Waals surface area (Å²) in [4.78, 5) is 12.4. The molecule has 0 radical (unpaired) electrons. The van der Waals surface area contributed by atoms with Gasteiger partial charge < -0.3 is 11.1 Å². The van der Waals surface area contributed by atoms with Crippen LogP contribution in [0, 0.1) is 0 Å². The Kier molecular flexibility index (Phi) is 3.99. The van der Waals surface area contributed by atoms with E-state index in [0.717, 1.165) is 0 Å². The smallest absolute Gasteiger partial charge is 0.312 e. The molecule has 0 saturated heterocycles. The number of urea groups is 1. The number of hydrogen-bond donors (Lipinski definition) is 2. The zero-order chi connectivity index (χ0) is 7.11. The van der Waals surface area contributed by atoms with Crippen LogP contribution in [0.4, 0.5) is 4.79 Å². The first kappa shape index (κ1) is 7.58. The minimum Gasteiger partial charge on any atom is -0.352 e. The zero-order valence-electron chi connectivity index (χ0n) is 4.74. The van der Waals surface area contributed by atoms with Gasteiger partial charge in [-0.2, -0.15) is 0 Å². The first-order chi connectivity index (χ1) is 4.27. The van der Waals surface area contributed by atoms with Crippen molar-refractivity contribution in [1.29, 1.82) is 0 Å². The van der Waals surface area contributed by atoms with E-state index in [-0.39, 0.29) is 6.54 Å². The largest absolute Gasteiger partial charge is 0.352 e. The highest BCUT2D eigenvalue weighted by atomic mass is 16.2. The van der Waals surface area contributed by atoms with Crippen LogP contribution in [0.2, 0.25) is 0 Å². The molecule has 0 aromatic heterocycles. The Morgan fingerprint density at radius 3 is 3.00 bits per heavy atom. The molecule has 6 nitrogen and oxygen atoms in total. The van der Waals surface area contributed by atoms with Crippen LogP contribution in [0.25, 0.3) is 10.4 Å². The van der Waals surface area contributed by atoms with Crippen molar-refractivity contribution in [3.05, 3.63) is 10.4 Å². The highest BCUT2D eigenvalue weighted by Crippen LogP contribution is 1.66.